The highest BCUT2D eigenvalue weighted by Crippen LogP contribution is 2.40. The van der Waals surface area contributed by atoms with Gasteiger partial charge in [-0.2, -0.15) is 4.98 Å². The van der Waals surface area contributed by atoms with Crippen LogP contribution in [0.2, 0.25) is 0 Å². The number of pyridine rings is 2. The zero-order valence-electron chi connectivity index (χ0n) is 28.4. The number of halogens is 1. The van der Waals surface area contributed by atoms with Crippen molar-refractivity contribution in [2.45, 2.75) is 19.4 Å². The summed E-state index contributed by atoms with van der Waals surface area (Å²) in [5.74, 6) is 1.80. The van der Waals surface area contributed by atoms with Gasteiger partial charge in [-0.1, -0.05) is 24.3 Å². The molecule has 0 unspecified atom stereocenters. The monoisotopic (exact) mass is 739 g/mol. The van der Waals surface area contributed by atoms with E-state index < -0.39 is 5.82 Å². The Morgan fingerprint density at radius 3 is 2.49 bits per heavy atom. The molecular formula is C40H30FN7O3S2. The predicted octanol–water partition coefficient (Wildman–Crippen LogP) is 8.38. The minimum absolute atomic E-state index is 0.204. The highest BCUT2D eigenvalue weighted by Gasteiger charge is 2.21. The lowest BCUT2D eigenvalue weighted by Gasteiger charge is -2.18. The third-order valence-corrected chi connectivity index (χ3v) is 11.0. The summed E-state index contributed by atoms with van der Waals surface area (Å²) >= 11 is 2.78. The first-order valence-corrected chi connectivity index (χ1v) is 18.7. The van der Waals surface area contributed by atoms with Crippen LogP contribution in [-0.2, 0) is 13.0 Å². The summed E-state index contributed by atoms with van der Waals surface area (Å²) in [5.41, 5.74) is 7.15. The Labute approximate surface area is 310 Å². The van der Waals surface area contributed by atoms with Gasteiger partial charge >= 0.3 is 0 Å². The van der Waals surface area contributed by atoms with Crippen LogP contribution in [0.3, 0.4) is 0 Å². The molecule has 0 bridgehead atoms. The molecule has 1 aliphatic rings. The highest BCUT2D eigenvalue weighted by atomic mass is 32.1. The Hall–Kier alpha value is -5.89. The van der Waals surface area contributed by atoms with E-state index in [4.69, 9.17) is 24.4 Å². The average molecular weight is 740 g/mol. The van der Waals surface area contributed by atoms with Crippen LogP contribution in [0.4, 0.5) is 4.39 Å². The van der Waals surface area contributed by atoms with Gasteiger partial charge in [0, 0.05) is 46.4 Å². The van der Waals surface area contributed by atoms with Crippen LogP contribution >= 0.6 is 22.7 Å². The van der Waals surface area contributed by atoms with Gasteiger partial charge in [0.2, 0.25) is 5.88 Å². The maximum atomic E-state index is 15.4. The van der Waals surface area contributed by atoms with Crippen molar-refractivity contribution in [3.8, 4) is 56.9 Å². The maximum Gasteiger partial charge on any atom is 0.269 e. The number of fused-ring (bicyclic) bond motifs is 3. The van der Waals surface area contributed by atoms with Crippen molar-refractivity contribution in [2.24, 2.45) is 0 Å². The molecule has 9 rings (SSSR count). The van der Waals surface area contributed by atoms with Crippen LogP contribution < -0.4 is 15.0 Å². The molecule has 13 heteroatoms. The summed E-state index contributed by atoms with van der Waals surface area (Å²) in [5, 5.41) is 3.87. The third-order valence-electron chi connectivity index (χ3n) is 9.03. The van der Waals surface area contributed by atoms with Crippen LogP contribution in [0.25, 0.3) is 65.7 Å². The number of benzene rings is 2. The number of H-pyrrole nitrogens is 1. The van der Waals surface area contributed by atoms with E-state index in [-0.39, 0.29) is 12.3 Å². The number of thiophene rings is 2. The van der Waals surface area contributed by atoms with Gasteiger partial charge in [-0.05, 0) is 85.1 Å². The summed E-state index contributed by atoms with van der Waals surface area (Å²) < 4.78 is 29.0. The van der Waals surface area contributed by atoms with Crippen LogP contribution in [0.5, 0.6) is 11.6 Å². The van der Waals surface area contributed by atoms with Gasteiger partial charge in [0.1, 0.15) is 39.1 Å². The van der Waals surface area contributed by atoms with Crippen molar-refractivity contribution in [1.82, 2.24) is 34.8 Å². The summed E-state index contributed by atoms with van der Waals surface area (Å²) in [6.45, 7) is 1.40. The average Bonchev–Trinajstić information content (AvgIpc) is 3.83. The van der Waals surface area contributed by atoms with Gasteiger partial charge in [0.05, 0.1) is 17.6 Å². The van der Waals surface area contributed by atoms with Crippen LogP contribution in [0, 0.1) is 5.82 Å². The first-order valence-electron chi connectivity index (χ1n) is 17.0. The van der Waals surface area contributed by atoms with Gasteiger partial charge in [-0.3, -0.25) is 19.7 Å². The number of hydrogen-bond acceptors (Lipinski definition) is 11. The smallest absolute Gasteiger partial charge is 0.269 e. The largest absolute Gasteiger partial charge is 0.493 e. The molecule has 6 aromatic heterocycles. The standard InChI is InChI=1S/C40H30FN7O3S2/c1-48(19-23-10-12-29(41)26(17-23)28-21-52-35-34(28)45-37(46-39(35)49)30-8-2-4-14-42-30)22-51-40-36-33(44-38(47-40)31-9-3-5-15-43-31)27(20-53-36)24-11-13-32-25(18-24)7-6-16-50-32/h2-5,8-15,17-18,20-21H,6-7,16,19,22H2,1H3,(H,45,46,49). The number of ether oxygens (including phenoxy) is 2. The molecule has 8 aromatic rings. The molecule has 10 nitrogen and oxygen atoms in total. The number of nitrogens with zero attached hydrogens (tertiary/aromatic N) is 6. The third kappa shape index (κ3) is 6.43. The van der Waals surface area contributed by atoms with Crippen molar-refractivity contribution < 1.29 is 13.9 Å². The van der Waals surface area contributed by atoms with Crippen molar-refractivity contribution in [2.75, 3.05) is 20.4 Å². The topological polar surface area (TPSA) is 119 Å². The zero-order valence-corrected chi connectivity index (χ0v) is 30.0. The van der Waals surface area contributed by atoms with Gasteiger partial charge in [0.25, 0.3) is 5.56 Å². The Morgan fingerprint density at radius 1 is 0.868 bits per heavy atom. The van der Waals surface area contributed by atoms with Crippen molar-refractivity contribution >= 4 is 43.1 Å². The zero-order chi connectivity index (χ0) is 35.9. The first-order chi connectivity index (χ1) is 26.0. The fraction of sp³-hybridized carbons (Fsp3) is 0.150. The molecule has 0 fully saturated rings. The van der Waals surface area contributed by atoms with Gasteiger partial charge < -0.3 is 14.5 Å². The molecule has 0 saturated carbocycles. The predicted molar refractivity (Wildman–Crippen MR) is 206 cm³/mol. The minimum atomic E-state index is -0.404. The maximum absolute atomic E-state index is 15.4. The molecule has 0 saturated heterocycles. The second-order valence-corrected chi connectivity index (χ2v) is 14.5. The van der Waals surface area contributed by atoms with E-state index in [0.717, 1.165) is 52.1 Å². The number of hydrogen-bond donors (Lipinski definition) is 1. The Kier molecular flexibility index (Phi) is 8.66. The molecule has 1 N–H and O–H groups in total. The van der Waals surface area contributed by atoms with Crippen LogP contribution in [-0.4, -0.2) is 55.2 Å². The van der Waals surface area contributed by atoms with Crippen molar-refractivity contribution in [3.05, 3.63) is 123 Å². The number of nitrogens with one attached hydrogen (secondary N) is 1. The van der Waals surface area contributed by atoms with Crippen LogP contribution in [0.1, 0.15) is 17.5 Å². The van der Waals surface area contributed by atoms with E-state index in [9.17, 15) is 4.79 Å². The molecule has 0 atom stereocenters. The van der Waals surface area contributed by atoms with Crippen LogP contribution in [0.15, 0.2) is 101 Å². The van der Waals surface area contributed by atoms with E-state index in [1.54, 1.807) is 53.4 Å². The Bertz CT molecular complexity index is 2680. The normalized spacial score (nSPS) is 12.7. The molecule has 53 heavy (non-hydrogen) atoms. The summed E-state index contributed by atoms with van der Waals surface area (Å²) in [6.07, 6.45) is 5.32. The quantitative estimate of drug-likeness (QED) is 0.146. The molecule has 0 radical (unpaired) electrons. The fourth-order valence-electron chi connectivity index (χ4n) is 6.48. The second-order valence-electron chi connectivity index (χ2n) is 12.7. The number of rotatable bonds is 9. The fourth-order valence-corrected chi connectivity index (χ4v) is 8.34. The summed E-state index contributed by atoms with van der Waals surface area (Å²) in [7, 11) is 1.93. The lowest BCUT2D eigenvalue weighted by Crippen LogP contribution is -2.23. The van der Waals surface area contributed by atoms with E-state index in [0.29, 0.717) is 56.8 Å². The minimum Gasteiger partial charge on any atom is -0.493 e. The Balaban J connectivity index is 0.999. The summed E-state index contributed by atoms with van der Waals surface area (Å²) in [6, 6.07) is 22.3. The molecular weight excluding hydrogens is 710 g/mol. The highest BCUT2D eigenvalue weighted by molar-refractivity contribution is 7.18. The van der Waals surface area contributed by atoms with Crippen molar-refractivity contribution in [1.29, 1.82) is 0 Å². The first kappa shape index (κ1) is 33.0. The molecule has 1 aliphatic heterocycles. The molecule has 2 aromatic carbocycles. The lowest BCUT2D eigenvalue weighted by atomic mass is 10.00. The van der Waals surface area contributed by atoms with Gasteiger partial charge in [-0.25, -0.2) is 14.4 Å². The lowest BCUT2D eigenvalue weighted by molar-refractivity contribution is 0.144. The SMILES string of the molecule is CN(COc1nc(-c2ccccn2)nc2c(-c3ccc4c(c3)CCCO4)csc12)Cc1ccc(F)c(-c2csc3c(=O)[nH]c(-c4ccccn4)nc23)c1. The van der Waals surface area contributed by atoms with E-state index >= 15 is 4.39 Å². The Morgan fingerprint density at radius 2 is 1.66 bits per heavy atom. The van der Waals surface area contributed by atoms with Gasteiger partial charge in [-0.15, -0.1) is 22.7 Å². The molecule has 0 aliphatic carbocycles. The summed E-state index contributed by atoms with van der Waals surface area (Å²) in [4.78, 5) is 41.1. The van der Waals surface area contributed by atoms with E-state index in [1.807, 2.05) is 42.3 Å². The molecule has 0 amide bonds. The second kappa shape index (κ2) is 13.9. The molecule has 7 heterocycles. The number of aromatic nitrogens is 6. The molecule has 0 spiro atoms. The number of aromatic amines is 1. The van der Waals surface area contributed by atoms with Crippen molar-refractivity contribution in [3.63, 3.8) is 0 Å². The van der Waals surface area contributed by atoms with E-state index in [2.05, 4.69) is 32.5 Å². The van der Waals surface area contributed by atoms with Gasteiger partial charge in [0.15, 0.2) is 11.6 Å². The molecule has 262 valence electrons. The number of aryl methyl sites for hydroxylation is 1. The van der Waals surface area contributed by atoms with E-state index in [1.165, 1.54) is 23.0 Å².